The molecule has 1 N–H and O–H groups in total. The van der Waals surface area contributed by atoms with Crippen molar-refractivity contribution in [2.75, 3.05) is 37.7 Å². The first-order valence-corrected chi connectivity index (χ1v) is 8.93. The summed E-state index contributed by atoms with van der Waals surface area (Å²) in [7, 11) is 0. The van der Waals surface area contributed by atoms with E-state index in [2.05, 4.69) is 43.9 Å². The van der Waals surface area contributed by atoms with Gasteiger partial charge in [0, 0.05) is 31.1 Å². The molecule has 4 heteroatoms. The molecule has 1 atom stereocenters. The number of aliphatic hydroxyl groups is 1. The second-order valence-electron chi connectivity index (χ2n) is 6.07. The summed E-state index contributed by atoms with van der Waals surface area (Å²) in [6, 6.07) is 6.31. The molecule has 3 nitrogen and oxygen atoms in total. The van der Waals surface area contributed by atoms with E-state index in [9.17, 15) is 5.11 Å². The Labute approximate surface area is 132 Å². The molecule has 118 valence electrons. The summed E-state index contributed by atoms with van der Waals surface area (Å²) < 4.78 is 5.90. The molecular weight excluding hydrogens is 282 g/mol. The highest BCUT2D eigenvalue weighted by molar-refractivity contribution is 7.99. The number of benzene rings is 1. The largest absolute Gasteiger partial charge is 0.491 e. The van der Waals surface area contributed by atoms with Crippen LogP contribution in [0.1, 0.15) is 30.9 Å². The zero-order chi connectivity index (χ0) is 15.2. The molecule has 0 radical (unpaired) electrons. The molecule has 1 fully saturated rings. The third kappa shape index (κ3) is 5.20. The van der Waals surface area contributed by atoms with Gasteiger partial charge in [0.05, 0.1) is 0 Å². The van der Waals surface area contributed by atoms with E-state index in [1.165, 1.54) is 22.6 Å². The van der Waals surface area contributed by atoms with E-state index < -0.39 is 6.10 Å². The predicted octanol–water partition coefficient (Wildman–Crippen LogP) is 2.91. The Morgan fingerprint density at radius 1 is 1.29 bits per heavy atom. The van der Waals surface area contributed by atoms with Crippen molar-refractivity contribution in [1.82, 2.24) is 4.90 Å². The van der Waals surface area contributed by atoms with Crippen LogP contribution in [0, 0.1) is 6.92 Å². The summed E-state index contributed by atoms with van der Waals surface area (Å²) >= 11 is 1.99. The van der Waals surface area contributed by atoms with Gasteiger partial charge < -0.3 is 9.84 Å². The van der Waals surface area contributed by atoms with Crippen LogP contribution in [-0.4, -0.2) is 53.9 Å². The summed E-state index contributed by atoms with van der Waals surface area (Å²) in [5.74, 6) is 3.68. The van der Waals surface area contributed by atoms with Crippen LogP contribution in [0.2, 0.25) is 0 Å². The Morgan fingerprint density at radius 2 is 2.00 bits per heavy atom. The molecule has 2 rings (SSSR count). The van der Waals surface area contributed by atoms with Gasteiger partial charge >= 0.3 is 0 Å². The van der Waals surface area contributed by atoms with Crippen molar-refractivity contribution < 1.29 is 9.84 Å². The van der Waals surface area contributed by atoms with Crippen molar-refractivity contribution in [2.24, 2.45) is 0 Å². The predicted molar refractivity (Wildman–Crippen MR) is 90.5 cm³/mol. The fourth-order valence-corrected chi connectivity index (χ4v) is 3.54. The van der Waals surface area contributed by atoms with E-state index in [1.54, 1.807) is 0 Å². The maximum absolute atomic E-state index is 10.2. The first-order chi connectivity index (χ1) is 10.1. The van der Waals surface area contributed by atoms with Gasteiger partial charge in [-0.05, 0) is 30.0 Å². The van der Waals surface area contributed by atoms with Gasteiger partial charge in [0.15, 0.2) is 0 Å². The molecule has 0 aromatic heterocycles. The van der Waals surface area contributed by atoms with Gasteiger partial charge in [0.25, 0.3) is 0 Å². The molecule has 21 heavy (non-hydrogen) atoms. The van der Waals surface area contributed by atoms with Crippen LogP contribution in [-0.2, 0) is 0 Å². The van der Waals surface area contributed by atoms with Gasteiger partial charge in [-0.15, -0.1) is 0 Å². The highest BCUT2D eigenvalue weighted by atomic mass is 32.2. The smallest absolute Gasteiger partial charge is 0.123 e. The van der Waals surface area contributed by atoms with Crippen LogP contribution in [0.25, 0.3) is 0 Å². The van der Waals surface area contributed by atoms with Gasteiger partial charge in [0.2, 0.25) is 0 Å². The third-order valence-corrected chi connectivity index (χ3v) is 4.74. The zero-order valence-electron chi connectivity index (χ0n) is 13.3. The number of aliphatic hydroxyl groups excluding tert-OH is 1. The molecular formula is C17H27NO2S. The Bertz CT molecular complexity index is 444. The topological polar surface area (TPSA) is 32.7 Å². The number of aryl methyl sites for hydroxylation is 1. The standard InChI is InChI=1S/C17H27NO2S/c1-13(2)16-5-4-14(3)10-17(16)20-12-15(19)11-18-6-8-21-9-7-18/h4-5,10,13,15,19H,6-9,11-12H2,1-3H3/t15-/m0/s1. The van der Waals surface area contributed by atoms with Crippen molar-refractivity contribution in [1.29, 1.82) is 0 Å². The quantitative estimate of drug-likeness (QED) is 0.876. The van der Waals surface area contributed by atoms with Crippen LogP contribution in [0.3, 0.4) is 0 Å². The van der Waals surface area contributed by atoms with E-state index >= 15 is 0 Å². The number of rotatable bonds is 6. The van der Waals surface area contributed by atoms with E-state index in [0.717, 1.165) is 18.8 Å². The number of β-amino-alcohol motifs (C(OH)–C–C–N with tert-alkyl or cyclic N) is 1. The number of thioether (sulfide) groups is 1. The minimum absolute atomic E-state index is 0.368. The normalized spacial score (nSPS) is 18.0. The molecule has 1 aromatic rings. The maximum Gasteiger partial charge on any atom is 0.123 e. The molecule has 0 amide bonds. The second-order valence-corrected chi connectivity index (χ2v) is 7.30. The zero-order valence-corrected chi connectivity index (χ0v) is 14.2. The van der Waals surface area contributed by atoms with Crippen LogP contribution >= 0.6 is 11.8 Å². The molecule has 0 saturated carbocycles. The Hall–Kier alpha value is -0.710. The first kappa shape index (κ1) is 16.7. The summed E-state index contributed by atoms with van der Waals surface area (Å²) in [6.07, 6.45) is -0.423. The summed E-state index contributed by atoms with van der Waals surface area (Å²) in [6.45, 7) is 9.63. The summed E-state index contributed by atoms with van der Waals surface area (Å²) in [4.78, 5) is 2.32. The summed E-state index contributed by atoms with van der Waals surface area (Å²) in [5, 5.41) is 10.2. The van der Waals surface area contributed by atoms with Gasteiger partial charge in [-0.3, -0.25) is 4.90 Å². The van der Waals surface area contributed by atoms with Gasteiger partial charge in [0.1, 0.15) is 18.5 Å². The molecule has 1 aliphatic heterocycles. The van der Waals surface area contributed by atoms with Crippen LogP contribution in [0.5, 0.6) is 5.75 Å². The number of nitrogens with zero attached hydrogens (tertiary/aromatic N) is 1. The van der Waals surface area contributed by atoms with E-state index in [-0.39, 0.29) is 0 Å². The molecule has 0 unspecified atom stereocenters. The van der Waals surface area contributed by atoms with Crippen molar-refractivity contribution >= 4 is 11.8 Å². The highest BCUT2D eigenvalue weighted by Crippen LogP contribution is 2.27. The lowest BCUT2D eigenvalue weighted by Gasteiger charge is -2.28. The Morgan fingerprint density at radius 3 is 2.67 bits per heavy atom. The van der Waals surface area contributed by atoms with Crippen LogP contribution in [0.4, 0.5) is 0 Å². The first-order valence-electron chi connectivity index (χ1n) is 7.77. The SMILES string of the molecule is Cc1ccc(C(C)C)c(OC[C@@H](O)CN2CCSCC2)c1. The van der Waals surface area contributed by atoms with Crippen LogP contribution < -0.4 is 4.74 Å². The Kier molecular flexibility index (Phi) is 6.40. The lowest BCUT2D eigenvalue weighted by Crippen LogP contribution is -2.40. The van der Waals surface area contributed by atoms with Gasteiger partial charge in [-0.25, -0.2) is 0 Å². The minimum atomic E-state index is -0.423. The highest BCUT2D eigenvalue weighted by Gasteiger charge is 2.16. The molecule has 1 heterocycles. The molecule has 1 saturated heterocycles. The monoisotopic (exact) mass is 309 g/mol. The number of hydrogen-bond donors (Lipinski definition) is 1. The lowest BCUT2D eigenvalue weighted by atomic mass is 10.0. The lowest BCUT2D eigenvalue weighted by molar-refractivity contribution is 0.0711. The van der Waals surface area contributed by atoms with E-state index in [1.807, 2.05) is 11.8 Å². The van der Waals surface area contributed by atoms with Crippen molar-refractivity contribution in [3.8, 4) is 5.75 Å². The average Bonchev–Trinajstić information content (AvgIpc) is 2.46. The van der Waals surface area contributed by atoms with Gasteiger partial charge in [-0.1, -0.05) is 26.0 Å². The fraction of sp³-hybridized carbons (Fsp3) is 0.647. The number of ether oxygens (including phenoxy) is 1. The van der Waals surface area contributed by atoms with E-state index in [4.69, 9.17) is 4.74 Å². The van der Waals surface area contributed by atoms with E-state index in [0.29, 0.717) is 19.1 Å². The minimum Gasteiger partial charge on any atom is -0.491 e. The Balaban J connectivity index is 1.88. The van der Waals surface area contributed by atoms with Crippen LogP contribution in [0.15, 0.2) is 18.2 Å². The third-order valence-electron chi connectivity index (χ3n) is 3.79. The van der Waals surface area contributed by atoms with Crippen molar-refractivity contribution in [3.63, 3.8) is 0 Å². The summed E-state index contributed by atoms with van der Waals surface area (Å²) in [5.41, 5.74) is 2.40. The molecule has 1 aromatic carbocycles. The molecule has 0 bridgehead atoms. The van der Waals surface area contributed by atoms with Crippen molar-refractivity contribution in [2.45, 2.75) is 32.8 Å². The van der Waals surface area contributed by atoms with Gasteiger partial charge in [-0.2, -0.15) is 11.8 Å². The second kappa shape index (κ2) is 8.06. The maximum atomic E-state index is 10.2. The van der Waals surface area contributed by atoms with Crippen molar-refractivity contribution in [3.05, 3.63) is 29.3 Å². The molecule has 1 aliphatic rings. The average molecular weight is 309 g/mol. The molecule has 0 spiro atoms. The number of hydrogen-bond acceptors (Lipinski definition) is 4. The molecule has 0 aliphatic carbocycles. The fourth-order valence-electron chi connectivity index (χ4n) is 2.56.